The van der Waals surface area contributed by atoms with E-state index < -0.39 is 7.12 Å². The molecule has 4 rings (SSSR count). The maximum atomic E-state index is 9.38. The minimum atomic E-state index is -1.44. The van der Waals surface area contributed by atoms with Crippen molar-refractivity contribution in [2.24, 2.45) is 0 Å². The zero-order chi connectivity index (χ0) is 14.4. The van der Waals surface area contributed by atoms with Crippen molar-refractivity contribution in [3.63, 3.8) is 0 Å². The molecule has 0 atom stereocenters. The van der Waals surface area contributed by atoms with Gasteiger partial charge < -0.3 is 10.0 Å². The Morgan fingerprint density at radius 1 is 0.571 bits per heavy atom. The second-order valence-corrected chi connectivity index (χ2v) is 5.30. The van der Waals surface area contributed by atoms with Gasteiger partial charge in [-0.15, -0.1) is 0 Å². The molecule has 4 aromatic rings. The summed E-state index contributed by atoms with van der Waals surface area (Å²) in [6.45, 7) is 0. The van der Waals surface area contributed by atoms with Crippen LogP contribution in [0.5, 0.6) is 0 Å². The van der Waals surface area contributed by atoms with Crippen LogP contribution in [0.25, 0.3) is 32.3 Å². The van der Waals surface area contributed by atoms with Gasteiger partial charge >= 0.3 is 7.12 Å². The number of rotatable bonds is 1. The number of benzene rings is 4. The van der Waals surface area contributed by atoms with E-state index in [1.54, 1.807) is 6.07 Å². The van der Waals surface area contributed by atoms with Crippen LogP contribution in [-0.2, 0) is 0 Å². The topological polar surface area (TPSA) is 40.5 Å². The number of hydrogen-bond acceptors (Lipinski definition) is 2. The smallest absolute Gasteiger partial charge is 0.423 e. The molecule has 0 aliphatic carbocycles. The van der Waals surface area contributed by atoms with Crippen LogP contribution in [-0.4, -0.2) is 17.2 Å². The summed E-state index contributed by atoms with van der Waals surface area (Å²) in [6.07, 6.45) is 0. The fourth-order valence-corrected chi connectivity index (χ4v) is 3.00. The first-order chi connectivity index (χ1) is 10.2. The van der Waals surface area contributed by atoms with Crippen molar-refractivity contribution in [3.8, 4) is 0 Å². The van der Waals surface area contributed by atoms with Crippen molar-refractivity contribution in [2.75, 3.05) is 0 Å². The van der Waals surface area contributed by atoms with E-state index in [0.29, 0.717) is 5.46 Å². The van der Waals surface area contributed by atoms with E-state index in [2.05, 4.69) is 36.4 Å². The van der Waals surface area contributed by atoms with E-state index in [1.807, 2.05) is 24.3 Å². The molecule has 2 nitrogen and oxygen atoms in total. The average molecular weight is 272 g/mol. The molecule has 0 unspecified atom stereocenters. The van der Waals surface area contributed by atoms with Gasteiger partial charge in [0.05, 0.1) is 0 Å². The third kappa shape index (κ3) is 1.90. The molecule has 0 radical (unpaired) electrons. The van der Waals surface area contributed by atoms with Gasteiger partial charge in [0, 0.05) is 0 Å². The SMILES string of the molecule is OB(O)c1ccc2ccc3c4ccccc4ccc3c2c1. The zero-order valence-electron chi connectivity index (χ0n) is 11.3. The molecule has 0 amide bonds. The second-order valence-electron chi connectivity index (χ2n) is 5.30. The van der Waals surface area contributed by atoms with Gasteiger partial charge in [0.25, 0.3) is 0 Å². The lowest BCUT2D eigenvalue weighted by Crippen LogP contribution is -2.29. The van der Waals surface area contributed by atoms with Gasteiger partial charge in [0.15, 0.2) is 0 Å². The molecular weight excluding hydrogens is 259 g/mol. The fourth-order valence-electron chi connectivity index (χ4n) is 3.00. The van der Waals surface area contributed by atoms with Gasteiger partial charge in [-0.05, 0) is 37.8 Å². The van der Waals surface area contributed by atoms with Gasteiger partial charge in [0.2, 0.25) is 0 Å². The van der Waals surface area contributed by atoms with E-state index in [4.69, 9.17) is 0 Å². The quantitative estimate of drug-likeness (QED) is 0.413. The van der Waals surface area contributed by atoms with E-state index in [9.17, 15) is 10.0 Å². The van der Waals surface area contributed by atoms with E-state index in [-0.39, 0.29) is 0 Å². The third-order valence-corrected chi connectivity index (χ3v) is 4.07. The molecule has 0 fully saturated rings. The molecule has 0 aliphatic heterocycles. The first kappa shape index (κ1) is 12.4. The van der Waals surface area contributed by atoms with Crippen molar-refractivity contribution in [3.05, 3.63) is 66.7 Å². The van der Waals surface area contributed by atoms with Gasteiger partial charge in [-0.3, -0.25) is 0 Å². The summed E-state index contributed by atoms with van der Waals surface area (Å²) in [4.78, 5) is 0. The molecule has 0 aromatic heterocycles. The Morgan fingerprint density at radius 3 is 1.95 bits per heavy atom. The van der Waals surface area contributed by atoms with Gasteiger partial charge in [0.1, 0.15) is 0 Å². The molecule has 0 saturated carbocycles. The summed E-state index contributed by atoms with van der Waals surface area (Å²) < 4.78 is 0. The summed E-state index contributed by atoms with van der Waals surface area (Å²) in [5.74, 6) is 0. The highest BCUT2D eigenvalue weighted by Gasteiger charge is 2.12. The molecule has 3 heteroatoms. The summed E-state index contributed by atoms with van der Waals surface area (Å²) in [7, 11) is -1.44. The summed E-state index contributed by atoms with van der Waals surface area (Å²) in [6, 6.07) is 22.3. The van der Waals surface area contributed by atoms with Gasteiger partial charge in [-0.2, -0.15) is 0 Å². The zero-order valence-corrected chi connectivity index (χ0v) is 11.3. The Bertz CT molecular complexity index is 976. The highest BCUT2D eigenvalue weighted by atomic mass is 16.4. The molecule has 4 aromatic carbocycles. The Morgan fingerprint density at radius 2 is 1.19 bits per heavy atom. The molecule has 0 spiro atoms. The molecule has 100 valence electrons. The standard InChI is InChI=1S/C18H13BO2/c20-19(21)14-8-5-13-7-9-16-15-4-2-1-3-12(15)6-10-17(16)18(13)11-14/h1-11,20-21H. The lowest BCUT2D eigenvalue weighted by atomic mass is 9.79. The Balaban J connectivity index is 2.17. The molecule has 21 heavy (non-hydrogen) atoms. The molecule has 0 aliphatic rings. The highest BCUT2D eigenvalue weighted by molar-refractivity contribution is 6.59. The normalized spacial score (nSPS) is 11.3. The van der Waals surface area contributed by atoms with Gasteiger partial charge in [-0.25, -0.2) is 0 Å². The van der Waals surface area contributed by atoms with Crippen LogP contribution in [0.4, 0.5) is 0 Å². The Hall–Kier alpha value is -2.36. The fraction of sp³-hybridized carbons (Fsp3) is 0. The third-order valence-electron chi connectivity index (χ3n) is 4.07. The Kier molecular flexibility index (Phi) is 2.71. The largest absolute Gasteiger partial charge is 0.488 e. The van der Waals surface area contributed by atoms with E-state index in [1.165, 1.54) is 16.2 Å². The van der Waals surface area contributed by atoms with Gasteiger partial charge in [-0.1, -0.05) is 66.7 Å². The van der Waals surface area contributed by atoms with Crippen LogP contribution >= 0.6 is 0 Å². The van der Waals surface area contributed by atoms with E-state index >= 15 is 0 Å². The average Bonchev–Trinajstić information content (AvgIpc) is 2.53. The maximum Gasteiger partial charge on any atom is 0.488 e. The van der Waals surface area contributed by atoms with Crippen LogP contribution < -0.4 is 5.46 Å². The minimum absolute atomic E-state index is 0.517. The van der Waals surface area contributed by atoms with Crippen molar-refractivity contribution < 1.29 is 10.0 Å². The highest BCUT2D eigenvalue weighted by Crippen LogP contribution is 2.30. The summed E-state index contributed by atoms with van der Waals surface area (Å²) >= 11 is 0. The van der Waals surface area contributed by atoms with Crippen LogP contribution in [0, 0.1) is 0 Å². The van der Waals surface area contributed by atoms with Crippen LogP contribution in [0.3, 0.4) is 0 Å². The molecule has 0 heterocycles. The number of hydrogen-bond donors (Lipinski definition) is 2. The minimum Gasteiger partial charge on any atom is -0.423 e. The second kappa shape index (κ2) is 4.59. The predicted octanol–water partition coefficient (Wildman–Crippen LogP) is 2.83. The maximum absolute atomic E-state index is 9.38. The molecule has 0 saturated heterocycles. The van der Waals surface area contributed by atoms with Crippen molar-refractivity contribution in [1.82, 2.24) is 0 Å². The lowest BCUT2D eigenvalue weighted by molar-refractivity contribution is 0.426. The Labute approximate surface area is 122 Å². The van der Waals surface area contributed by atoms with Crippen molar-refractivity contribution in [2.45, 2.75) is 0 Å². The number of fused-ring (bicyclic) bond motifs is 5. The molecular formula is C18H13BO2. The first-order valence-electron chi connectivity index (χ1n) is 6.94. The van der Waals surface area contributed by atoms with Crippen LogP contribution in [0.2, 0.25) is 0 Å². The van der Waals surface area contributed by atoms with Crippen LogP contribution in [0.15, 0.2) is 66.7 Å². The summed E-state index contributed by atoms with van der Waals surface area (Å²) in [5, 5.41) is 25.7. The summed E-state index contributed by atoms with van der Waals surface area (Å²) in [5.41, 5.74) is 0.517. The lowest BCUT2D eigenvalue weighted by Gasteiger charge is -2.09. The van der Waals surface area contributed by atoms with Crippen LogP contribution in [0.1, 0.15) is 0 Å². The van der Waals surface area contributed by atoms with Crippen molar-refractivity contribution >= 4 is 44.9 Å². The first-order valence-corrected chi connectivity index (χ1v) is 6.94. The monoisotopic (exact) mass is 272 g/mol. The molecule has 0 bridgehead atoms. The molecule has 2 N–H and O–H groups in total. The van der Waals surface area contributed by atoms with Crippen molar-refractivity contribution in [1.29, 1.82) is 0 Å². The van der Waals surface area contributed by atoms with E-state index in [0.717, 1.165) is 16.2 Å². The predicted molar refractivity (Wildman–Crippen MR) is 88.8 cm³/mol.